The molecule has 7 heteroatoms. The Labute approximate surface area is 158 Å². The molecule has 3 nitrogen and oxygen atoms in total. The Morgan fingerprint density at radius 2 is 1.68 bits per heavy atom. The van der Waals surface area contributed by atoms with Crippen molar-refractivity contribution in [2.45, 2.75) is 17.7 Å². The van der Waals surface area contributed by atoms with Gasteiger partial charge in [0.25, 0.3) is 0 Å². The SMILES string of the molecule is CN=C(NCCCSC)NCCCSc1ccc(F)cc1.I. The predicted octanol–water partition coefficient (Wildman–Crippen LogP) is 3.84. The van der Waals surface area contributed by atoms with Crippen LogP contribution in [0.1, 0.15) is 12.8 Å². The van der Waals surface area contributed by atoms with E-state index >= 15 is 0 Å². The van der Waals surface area contributed by atoms with Crippen molar-refractivity contribution in [3.05, 3.63) is 30.1 Å². The fraction of sp³-hybridized carbons (Fsp3) is 0.533. The van der Waals surface area contributed by atoms with E-state index in [1.165, 1.54) is 12.1 Å². The van der Waals surface area contributed by atoms with Gasteiger partial charge in [-0.1, -0.05) is 0 Å². The number of rotatable bonds is 9. The lowest BCUT2D eigenvalue weighted by Crippen LogP contribution is -2.38. The number of nitrogens with one attached hydrogen (secondary N) is 2. The van der Waals surface area contributed by atoms with Crippen LogP contribution in [0.5, 0.6) is 0 Å². The summed E-state index contributed by atoms with van der Waals surface area (Å²) in [4.78, 5) is 5.30. The molecule has 1 rings (SSSR count). The van der Waals surface area contributed by atoms with Crippen molar-refractivity contribution < 1.29 is 4.39 Å². The monoisotopic (exact) mass is 457 g/mol. The van der Waals surface area contributed by atoms with Gasteiger partial charge in [-0.3, -0.25) is 4.99 Å². The van der Waals surface area contributed by atoms with Crippen LogP contribution in [0, 0.1) is 5.82 Å². The first-order valence-corrected chi connectivity index (χ1v) is 9.46. The van der Waals surface area contributed by atoms with E-state index in [-0.39, 0.29) is 29.8 Å². The molecule has 0 unspecified atom stereocenters. The third-order valence-corrected chi connectivity index (χ3v) is 4.53. The molecule has 0 saturated heterocycles. The maximum absolute atomic E-state index is 12.8. The quantitative estimate of drug-likeness (QED) is 0.194. The highest BCUT2D eigenvalue weighted by atomic mass is 127. The molecule has 0 bridgehead atoms. The molecule has 0 amide bonds. The molecule has 0 spiro atoms. The number of nitrogens with zero attached hydrogens (tertiary/aromatic N) is 1. The lowest BCUT2D eigenvalue weighted by Gasteiger charge is -2.11. The Morgan fingerprint density at radius 1 is 1.09 bits per heavy atom. The van der Waals surface area contributed by atoms with Gasteiger partial charge >= 0.3 is 0 Å². The first kappa shape index (κ1) is 21.9. The Morgan fingerprint density at radius 3 is 2.23 bits per heavy atom. The van der Waals surface area contributed by atoms with Crippen LogP contribution in [0.2, 0.25) is 0 Å². The molecular weight excluding hydrogens is 432 g/mol. The van der Waals surface area contributed by atoms with Crippen molar-refractivity contribution in [2.75, 3.05) is 37.9 Å². The minimum absolute atomic E-state index is 0. The molecule has 1 aromatic rings. The van der Waals surface area contributed by atoms with Crippen LogP contribution < -0.4 is 10.6 Å². The lowest BCUT2D eigenvalue weighted by molar-refractivity contribution is 0.626. The van der Waals surface area contributed by atoms with E-state index in [4.69, 9.17) is 0 Å². The van der Waals surface area contributed by atoms with E-state index in [9.17, 15) is 4.39 Å². The zero-order chi connectivity index (χ0) is 15.3. The van der Waals surface area contributed by atoms with Crippen LogP contribution in [-0.2, 0) is 0 Å². The van der Waals surface area contributed by atoms with E-state index in [0.29, 0.717) is 0 Å². The van der Waals surface area contributed by atoms with Crippen molar-refractivity contribution >= 4 is 53.5 Å². The van der Waals surface area contributed by atoms with Crippen molar-refractivity contribution in [2.24, 2.45) is 4.99 Å². The topological polar surface area (TPSA) is 36.4 Å². The van der Waals surface area contributed by atoms with E-state index in [1.807, 2.05) is 23.9 Å². The number of hydrogen-bond acceptors (Lipinski definition) is 3. The molecule has 0 atom stereocenters. The average molecular weight is 457 g/mol. The maximum atomic E-state index is 12.8. The van der Waals surface area contributed by atoms with Gasteiger partial charge in [-0.25, -0.2) is 4.39 Å². The molecule has 0 aliphatic rings. The summed E-state index contributed by atoms with van der Waals surface area (Å²) in [5, 5.41) is 6.60. The van der Waals surface area contributed by atoms with Crippen molar-refractivity contribution in [1.82, 2.24) is 10.6 Å². The Hall–Kier alpha value is -0.150. The standard InChI is InChI=1S/C15H24FN3S2.HI/c1-17-15(18-9-3-11-20-2)19-10-4-12-21-14-7-5-13(16)6-8-14;/h5-8H,3-4,9-12H2,1-2H3,(H2,17,18,19);1H. The van der Waals surface area contributed by atoms with Crippen molar-refractivity contribution in [3.8, 4) is 0 Å². The second kappa shape index (κ2) is 14.4. The average Bonchev–Trinajstić information content (AvgIpc) is 2.51. The van der Waals surface area contributed by atoms with Gasteiger partial charge in [-0.2, -0.15) is 11.8 Å². The van der Waals surface area contributed by atoms with Crippen molar-refractivity contribution in [1.29, 1.82) is 0 Å². The normalized spacial score (nSPS) is 11.0. The third-order valence-electron chi connectivity index (χ3n) is 2.74. The minimum Gasteiger partial charge on any atom is -0.356 e. The molecule has 0 aliphatic heterocycles. The summed E-state index contributed by atoms with van der Waals surface area (Å²) in [5.41, 5.74) is 0. The van der Waals surface area contributed by atoms with Crippen LogP contribution >= 0.6 is 47.5 Å². The Bertz CT molecular complexity index is 416. The van der Waals surface area contributed by atoms with Crippen LogP contribution in [0.4, 0.5) is 4.39 Å². The number of benzene rings is 1. The summed E-state index contributed by atoms with van der Waals surface area (Å²) in [6.45, 7) is 1.83. The summed E-state index contributed by atoms with van der Waals surface area (Å²) >= 11 is 3.60. The van der Waals surface area contributed by atoms with Crippen LogP contribution in [0.15, 0.2) is 34.2 Å². The first-order valence-electron chi connectivity index (χ1n) is 7.08. The molecule has 2 N–H and O–H groups in total. The van der Waals surface area contributed by atoms with Gasteiger partial charge < -0.3 is 10.6 Å². The highest BCUT2D eigenvalue weighted by Crippen LogP contribution is 2.18. The fourth-order valence-corrected chi connectivity index (χ4v) is 2.93. The number of aliphatic imine (C=N–C) groups is 1. The zero-order valence-electron chi connectivity index (χ0n) is 13.1. The Balaban J connectivity index is 0.00000441. The van der Waals surface area contributed by atoms with Gasteiger partial charge in [0.1, 0.15) is 5.82 Å². The molecule has 0 fully saturated rings. The van der Waals surface area contributed by atoms with Crippen LogP contribution in [0.3, 0.4) is 0 Å². The van der Waals surface area contributed by atoms with Crippen LogP contribution in [-0.4, -0.2) is 43.9 Å². The molecule has 0 heterocycles. The second-order valence-electron chi connectivity index (χ2n) is 4.43. The highest BCUT2D eigenvalue weighted by molar-refractivity contribution is 14.0. The third kappa shape index (κ3) is 10.6. The van der Waals surface area contributed by atoms with Gasteiger partial charge in [-0.05, 0) is 54.9 Å². The minimum atomic E-state index is -0.183. The van der Waals surface area contributed by atoms with Gasteiger partial charge in [0.2, 0.25) is 0 Å². The summed E-state index contributed by atoms with van der Waals surface area (Å²) in [5.74, 6) is 2.85. The van der Waals surface area contributed by atoms with Gasteiger partial charge in [-0.15, -0.1) is 35.7 Å². The summed E-state index contributed by atoms with van der Waals surface area (Å²) in [6, 6.07) is 6.64. The van der Waals surface area contributed by atoms with Gasteiger partial charge in [0.15, 0.2) is 5.96 Å². The first-order chi connectivity index (χ1) is 10.3. The summed E-state index contributed by atoms with van der Waals surface area (Å²) in [7, 11) is 1.79. The molecule has 0 saturated carbocycles. The van der Waals surface area contributed by atoms with Gasteiger partial charge in [0, 0.05) is 25.0 Å². The highest BCUT2D eigenvalue weighted by Gasteiger charge is 1.98. The van der Waals surface area contributed by atoms with Crippen molar-refractivity contribution in [3.63, 3.8) is 0 Å². The molecule has 1 aromatic carbocycles. The molecule has 0 aromatic heterocycles. The van der Waals surface area contributed by atoms with E-state index in [0.717, 1.165) is 48.3 Å². The summed E-state index contributed by atoms with van der Waals surface area (Å²) in [6.07, 6.45) is 4.29. The molecule has 0 radical (unpaired) electrons. The number of thioether (sulfide) groups is 2. The number of halogens is 2. The maximum Gasteiger partial charge on any atom is 0.190 e. The fourth-order valence-electron chi connectivity index (χ4n) is 1.64. The Kier molecular flexibility index (Phi) is 14.3. The molecule has 0 aliphatic carbocycles. The second-order valence-corrected chi connectivity index (χ2v) is 6.58. The number of hydrogen-bond donors (Lipinski definition) is 2. The van der Waals surface area contributed by atoms with E-state index in [2.05, 4.69) is 21.9 Å². The smallest absolute Gasteiger partial charge is 0.190 e. The van der Waals surface area contributed by atoms with Gasteiger partial charge in [0.05, 0.1) is 0 Å². The summed E-state index contributed by atoms with van der Waals surface area (Å²) < 4.78 is 12.8. The molecule has 126 valence electrons. The molecular formula is C15H25FIN3S2. The number of guanidine groups is 1. The largest absolute Gasteiger partial charge is 0.356 e. The van der Waals surface area contributed by atoms with E-state index in [1.54, 1.807) is 18.8 Å². The molecule has 22 heavy (non-hydrogen) atoms. The van der Waals surface area contributed by atoms with E-state index < -0.39 is 0 Å². The van der Waals surface area contributed by atoms with Crippen LogP contribution in [0.25, 0.3) is 0 Å². The lowest BCUT2D eigenvalue weighted by atomic mass is 10.4. The zero-order valence-corrected chi connectivity index (χ0v) is 17.1. The predicted molar refractivity (Wildman–Crippen MR) is 110 cm³/mol.